The fraction of sp³-hybridized carbons (Fsp3) is 0.875. The summed E-state index contributed by atoms with van der Waals surface area (Å²) in [7, 11) is 2.86. The van der Waals surface area contributed by atoms with Crippen LogP contribution in [0.4, 0.5) is 0 Å². The minimum absolute atomic E-state index is 0.132. The zero-order valence-electron chi connectivity index (χ0n) is 15.2. The molecule has 24 heavy (non-hydrogen) atoms. The van der Waals surface area contributed by atoms with Crippen LogP contribution in [-0.2, 0) is 38.0 Å². The number of ketones is 2. The van der Waals surface area contributed by atoms with Gasteiger partial charge in [0, 0.05) is 14.2 Å². The number of ether oxygens (including phenoxy) is 6. The maximum atomic E-state index is 12.3. The Bertz CT molecular complexity index is 518. The number of carbonyl (C=O) groups is 2. The lowest BCUT2D eigenvalue weighted by molar-refractivity contribution is -0.451. The van der Waals surface area contributed by atoms with Gasteiger partial charge in [0.15, 0.2) is 23.5 Å². The Hall–Kier alpha value is -0.900. The molecular weight excluding hydrogens is 320 g/mol. The molecule has 2 rings (SSSR count). The molecule has 0 bridgehead atoms. The fourth-order valence-corrected chi connectivity index (χ4v) is 2.83. The summed E-state index contributed by atoms with van der Waals surface area (Å²) in [6.07, 6.45) is -3.04. The summed E-state index contributed by atoms with van der Waals surface area (Å²) in [5.74, 6) is -4.28. The van der Waals surface area contributed by atoms with E-state index in [1.807, 2.05) is 0 Å². The van der Waals surface area contributed by atoms with E-state index in [2.05, 4.69) is 0 Å². The predicted octanol–water partition coefficient (Wildman–Crippen LogP) is 0.805. The Morgan fingerprint density at radius 1 is 1.04 bits per heavy atom. The van der Waals surface area contributed by atoms with Crippen molar-refractivity contribution in [2.75, 3.05) is 20.8 Å². The summed E-state index contributed by atoms with van der Waals surface area (Å²) in [6.45, 7) is 7.84. The van der Waals surface area contributed by atoms with Gasteiger partial charge in [0.05, 0.1) is 0 Å². The van der Waals surface area contributed by atoms with Crippen molar-refractivity contribution in [3.05, 3.63) is 0 Å². The number of hydrogen-bond acceptors (Lipinski definition) is 8. The van der Waals surface area contributed by atoms with Gasteiger partial charge in [0.25, 0.3) is 0 Å². The Kier molecular flexibility index (Phi) is 5.21. The van der Waals surface area contributed by atoms with Gasteiger partial charge in [-0.3, -0.25) is 9.59 Å². The van der Waals surface area contributed by atoms with Crippen LogP contribution in [-0.4, -0.2) is 68.1 Å². The van der Waals surface area contributed by atoms with Gasteiger partial charge >= 0.3 is 0 Å². The topological polar surface area (TPSA) is 89.5 Å². The van der Waals surface area contributed by atoms with E-state index in [1.165, 1.54) is 21.1 Å². The van der Waals surface area contributed by atoms with Crippen LogP contribution in [0.2, 0.25) is 0 Å². The number of rotatable bonds is 4. The molecule has 8 nitrogen and oxygen atoms in total. The van der Waals surface area contributed by atoms with Crippen molar-refractivity contribution in [3.8, 4) is 0 Å². The van der Waals surface area contributed by atoms with Crippen molar-refractivity contribution in [3.63, 3.8) is 0 Å². The molecule has 138 valence electrons. The zero-order valence-corrected chi connectivity index (χ0v) is 15.2. The third kappa shape index (κ3) is 3.26. The van der Waals surface area contributed by atoms with Crippen LogP contribution in [0.15, 0.2) is 0 Å². The van der Waals surface area contributed by atoms with Gasteiger partial charge < -0.3 is 28.4 Å². The molecule has 0 aromatic heterocycles. The van der Waals surface area contributed by atoms with Crippen LogP contribution in [0.3, 0.4) is 0 Å². The molecule has 2 saturated heterocycles. The maximum Gasteiger partial charge on any atom is 0.221 e. The van der Waals surface area contributed by atoms with E-state index in [0.717, 1.165) is 0 Å². The van der Waals surface area contributed by atoms with Crippen molar-refractivity contribution < 1.29 is 38.0 Å². The van der Waals surface area contributed by atoms with Gasteiger partial charge in [-0.15, -0.1) is 0 Å². The first-order chi connectivity index (χ1) is 11.0. The second-order valence-electron chi connectivity index (χ2n) is 6.72. The Morgan fingerprint density at radius 3 is 2.08 bits per heavy atom. The van der Waals surface area contributed by atoms with Crippen molar-refractivity contribution in [1.29, 1.82) is 0 Å². The molecule has 0 saturated carbocycles. The van der Waals surface area contributed by atoms with Crippen LogP contribution in [0.5, 0.6) is 0 Å². The molecule has 2 fully saturated rings. The third-order valence-electron chi connectivity index (χ3n) is 4.60. The van der Waals surface area contributed by atoms with E-state index < -0.39 is 35.7 Å². The molecule has 0 aromatic carbocycles. The highest BCUT2D eigenvalue weighted by Gasteiger charge is 2.60. The average molecular weight is 346 g/mol. The second kappa shape index (κ2) is 6.44. The summed E-state index contributed by atoms with van der Waals surface area (Å²) in [6, 6.07) is 0. The molecule has 0 unspecified atom stereocenters. The molecule has 0 amide bonds. The zero-order chi connectivity index (χ0) is 18.3. The Labute approximate surface area is 141 Å². The monoisotopic (exact) mass is 346 g/mol. The van der Waals surface area contributed by atoms with Gasteiger partial charge in [-0.2, -0.15) is 0 Å². The summed E-state index contributed by atoms with van der Waals surface area (Å²) >= 11 is 0. The first kappa shape index (κ1) is 19.4. The molecule has 0 spiro atoms. The minimum Gasteiger partial charge on any atom is -0.349 e. The smallest absolute Gasteiger partial charge is 0.221 e. The number of methoxy groups -OCH3 is 2. The van der Waals surface area contributed by atoms with Crippen molar-refractivity contribution in [2.45, 2.75) is 70.3 Å². The molecule has 0 N–H and O–H groups in total. The van der Waals surface area contributed by atoms with Gasteiger partial charge in [-0.25, -0.2) is 0 Å². The third-order valence-corrected chi connectivity index (χ3v) is 4.60. The normalized spacial score (nSPS) is 42.8. The lowest BCUT2D eigenvalue weighted by Gasteiger charge is -2.53. The molecule has 0 aromatic rings. The van der Waals surface area contributed by atoms with Gasteiger partial charge in [-0.05, 0) is 34.6 Å². The lowest BCUT2D eigenvalue weighted by atomic mass is 9.95. The highest BCUT2D eigenvalue weighted by atomic mass is 16.8. The second-order valence-corrected chi connectivity index (χ2v) is 6.72. The molecule has 2 heterocycles. The van der Waals surface area contributed by atoms with E-state index in [-0.39, 0.29) is 18.2 Å². The number of carbonyl (C=O) groups excluding carboxylic acids is 2. The molecule has 5 atom stereocenters. The summed E-state index contributed by atoms with van der Waals surface area (Å²) < 4.78 is 33.8. The fourth-order valence-electron chi connectivity index (χ4n) is 2.83. The molecule has 8 heteroatoms. The van der Waals surface area contributed by atoms with E-state index >= 15 is 0 Å². The van der Waals surface area contributed by atoms with Crippen LogP contribution < -0.4 is 0 Å². The van der Waals surface area contributed by atoms with Crippen molar-refractivity contribution in [2.24, 2.45) is 0 Å². The Balaban J connectivity index is 2.39. The highest BCUT2D eigenvalue weighted by Crippen LogP contribution is 2.41. The van der Waals surface area contributed by atoms with E-state index in [0.29, 0.717) is 0 Å². The average Bonchev–Trinajstić information content (AvgIpc) is 2.51. The van der Waals surface area contributed by atoms with Crippen molar-refractivity contribution >= 4 is 11.6 Å². The van der Waals surface area contributed by atoms with Crippen LogP contribution in [0, 0.1) is 0 Å². The molecule has 2 aliphatic rings. The van der Waals surface area contributed by atoms with Crippen LogP contribution in [0.25, 0.3) is 0 Å². The predicted molar refractivity (Wildman–Crippen MR) is 81.2 cm³/mol. The lowest BCUT2D eigenvalue weighted by Crippen LogP contribution is -2.70. The van der Waals surface area contributed by atoms with Gasteiger partial charge in [0.1, 0.15) is 18.8 Å². The minimum atomic E-state index is -1.34. The SMILES string of the molecule is CO[C@]1(C)O[C@@H]([C@@H]2OC(C)(C)OCC2=O)[C@H](C(C)=O)O[C@@]1(C)OC. The van der Waals surface area contributed by atoms with Crippen LogP contribution in [0.1, 0.15) is 34.6 Å². The van der Waals surface area contributed by atoms with Crippen molar-refractivity contribution in [1.82, 2.24) is 0 Å². The standard InChI is InChI=1S/C16H26O8/c1-9(17)11-13(12-10(18)8-21-14(2,3)22-12)24-16(5,20-7)15(4,19-6)23-11/h11-13H,8H2,1-7H3/t11-,12+,13+,15+,16+/m0/s1. The number of Topliss-reactive ketones (excluding diaryl/α,β-unsaturated/α-hetero) is 2. The largest absolute Gasteiger partial charge is 0.349 e. The van der Waals surface area contributed by atoms with E-state index in [1.54, 1.807) is 27.7 Å². The molecule has 0 radical (unpaired) electrons. The van der Waals surface area contributed by atoms with E-state index in [9.17, 15) is 9.59 Å². The summed E-state index contributed by atoms with van der Waals surface area (Å²) in [4.78, 5) is 24.4. The van der Waals surface area contributed by atoms with Gasteiger partial charge in [0.2, 0.25) is 11.6 Å². The first-order valence-electron chi connectivity index (χ1n) is 7.79. The molecule has 2 aliphatic heterocycles. The first-order valence-corrected chi connectivity index (χ1v) is 7.79. The Morgan fingerprint density at radius 2 is 1.58 bits per heavy atom. The quantitative estimate of drug-likeness (QED) is 0.739. The maximum absolute atomic E-state index is 12.3. The molecule has 0 aliphatic carbocycles. The van der Waals surface area contributed by atoms with Crippen LogP contribution >= 0.6 is 0 Å². The van der Waals surface area contributed by atoms with Gasteiger partial charge in [-0.1, -0.05) is 0 Å². The summed E-state index contributed by atoms with van der Waals surface area (Å²) in [5, 5.41) is 0. The highest BCUT2D eigenvalue weighted by molar-refractivity contribution is 5.88. The molecular formula is C16H26O8. The van der Waals surface area contributed by atoms with E-state index in [4.69, 9.17) is 28.4 Å². The summed E-state index contributed by atoms with van der Waals surface area (Å²) in [5.41, 5.74) is 0. The number of hydrogen-bond donors (Lipinski definition) is 0.